The Balaban J connectivity index is 2.66. The van der Waals surface area contributed by atoms with E-state index in [1.165, 1.54) is 24.3 Å². The molecule has 0 bridgehead atoms. The van der Waals surface area contributed by atoms with Gasteiger partial charge in [0.15, 0.2) is 0 Å². The summed E-state index contributed by atoms with van der Waals surface area (Å²) in [6.45, 7) is 3.64. The van der Waals surface area contributed by atoms with Crippen molar-refractivity contribution in [3.8, 4) is 0 Å². The van der Waals surface area contributed by atoms with Crippen molar-refractivity contribution in [2.75, 3.05) is 0 Å². The minimum Gasteiger partial charge on any atom is -0.272 e. The van der Waals surface area contributed by atoms with Gasteiger partial charge in [-0.1, -0.05) is 51.8 Å². The number of carbonyl (C=O) groups is 4. The van der Waals surface area contributed by atoms with E-state index >= 15 is 0 Å². The molecule has 0 heterocycles. The zero-order chi connectivity index (χ0) is 19.7. The van der Waals surface area contributed by atoms with E-state index in [9.17, 15) is 19.2 Å². The topological polar surface area (TPSA) is 116 Å². The summed E-state index contributed by atoms with van der Waals surface area (Å²) in [6.07, 6.45) is 1.13. The molecule has 2 unspecified atom stereocenters. The Kier molecular flexibility index (Phi) is 9.28. The highest BCUT2D eigenvalue weighted by Crippen LogP contribution is 2.07. The van der Waals surface area contributed by atoms with E-state index in [0.29, 0.717) is 12.8 Å². The summed E-state index contributed by atoms with van der Waals surface area (Å²) in [5, 5.41) is 0. The molecule has 0 spiro atoms. The maximum Gasteiger partial charge on any atom is 0.269 e. The van der Waals surface area contributed by atoms with Crippen LogP contribution in [-0.4, -0.2) is 33.3 Å². The summed E-state index contributed by atoms with van der Waals surface area (Å²) in [5.74, 6) is -1.89. The second-order valence-corrected chi connectivity index (χ2v) is 7.43. The van der Waals surface area contributed by atoms with E-state index in [-0.39, 0.29) is 22.9 Å². The maximum atomic E-state index is 12.1. The van der Waals surface area contributed by atoms with Crippen molar-refractivity contribution < 1.29 is 19.2 Å². The minimum absolute atomic E-state index is 0.179. The van der Waals surface area contributed by atoms with Gasteiger partial charge in [-0.05, 0) is 31.0 Å². The number of nitrogens with one attached hydrogen (secondary N) is 4. The van der Waals surface area contributed by atoms with Crippen LogP contribution in [-0.2, 0) is 9.59 Å². The Morgan fingerprint density at radius 1 is 0.808 bits per heavy atom. The number of hydrogen-bond acceptors (Lipinski definition) is 4. The zero-order valence-electron chi connectivity index (χ0n) is 14.3. The normalized spacial score (nSPS) is 12.5. The molecule has 8 nitrogen and oxygen atoms in total. The van der Waals surface area contributed by atoms with Crippen LogP contribution in [0.3, 0.4) is 0 Å². The fourth-order valence-corrected chi connectivity index (χ4v) is 1.94. The molecule has 10 heteroatoms. The van der Waals surface area contributed by atoms with E-state index in [2.05, 4.69) is 53.6 Å². The molecule has 142 valence electrons. The van der Waals surface area contributed by atoms with Crippen LogP contribution in [0, 0.1) is 0 Å². The lowest BCUT2D eigenvalue weighted by atomic mass is 10.1. The summed E-state index contributed by atoms with van der Waals surface area (Å²) in [6, 6.07) is 5.85. The number of amides is 4. The third-order valence-corrected chi connectivity index (χ3v) is 5.40. The van der Waals surface area contributed by atoms with Crippen molar-refractivity contribution in [3.63, 3.8) is 0 Å². The Bertz CT molecular complexity index is 631. The van der Waals surface area contributed by atoms with Crippen LogP contribution in [0.1, 0.15) is 47.4 Å². The van der Waals surface area contributed by atoms with Crippen molar-refractivity contribution in [2.24, 2.45) is 0 Å². The van der Waals surface area contributed by atoms with Crippen LogP contribution in [0.15, 0.2) is 24.3 Å². The molecule has 0 saturated heterocycles. The molecule has 0 aromatic heterocycles. The first-order valence-corrected chi connectivity index (χ1v) is 9.71. The van der Waals surface area contributed by atoms with Crippen molar-refractivity contribution in [1.29, 1.82) is 0 Å². The van der Waals surface area contributed by atoms with Crippen molar-refractivity contribution in [3.05, 3.63) is 35.4 Å². The smallest absolute Gasteiger partial charge is 0.269 e. The monoisotopic (exact) mass is 490 g/mol. The SMILES string of the molecule is CCC(Br)C(=O)NNC(=O)c1cccc(C(=O)NNC(=O)C(Br)CC)c1. The van der Waals surface area contributed by atoms with Gasteiger partial charge in [0.2, 0.25) is 0 Å². The molecule has 0 aliphatic rings. The predicted octanol–water partition coefficient (Wildman–Crippen LogP) is 1.56. The van der Waals surface area contributed by atoms with Crippen LogP contribution < -0.4 is 21.7 Å². The molecule has 4 amide bonds. The highest BCUT2D eigenvalue weighted by molar-refractivity contribution is 9.10. The number of halogens is 2. The van der Waals surface area contributed by atoms with E-state index in [4.69, 9.17) is 0 Å². The molecule has 0 radical (unpaired) electrons. The predicted molar refractivity (Wildman–Crippen MR) is 104 cm³/mol. The molecule has 2 atom stereocenters. The third-order valence-electron chi connectivity index (χ3n) is 3.27. The molecular weight excluding hydrogens is 472 g/mol. The van der Waals surface area contributed by atoms with Gasteiger partial charge < -0.3 is 0 Å². The van der Waals surface area contributed by atoms with Crippen molar-refractivity contribution in [2.45, 2.75) is 36.3 Å². The first-order chi connectivity index (χ1) is 12.3. The molecule has 1 rings (SSSR count). The molecule has 0 aliphatic carbocycles. The molecular formula is C16H20Br2N4O4. The zero-order valence-corrected chi connectivity index (χ0v) is 17.4. The highest BCUT2D eigenvalue weighted by Gasteiger charge is 2.16. The minimum atomic E-state index is -0.570. The van der Waals surface area contributed by atoms with E-state index in [1.54, 1.807) is 0 Å². The number of alkyl halides is 2. The van der Waals surface area contributed by atoms with Gasteiger partial charge >= 0.3 is 0 Å². The highest BCUT2D eigenvalue weighted by atomic mass is 79.9. The molecule has 0 fully saturated rings. The van der Waals surface area contributed by atoms with Gasteiger partial charge in [0.1, 0.15) is 0 Å². The molecule has 0 saturated carbocycles. The first-order valence-electron chi connectivity index (χ1n) is 7.88. The number of hydrazine groups is 2. The van der Waals surface area contributed by atoms with Gasteiger partial charge in [-0.25, -0.2) is 0 Å². The molecule has 4 N–H and O–H groups in total. The first kappa shape index (κ1) is 22.1. The Hall–Kier alpha value is -1.94. The Morgan fingerprint density at radius 2 is 1.19 bits per heavy atom. The van der Waals surface area contributed by atoms with E-state index in [1.807, 2.05) is 13.8 Å². The number of carbonyl (C=O) groups excluding carboxylic acids is 4. The summed E-state index contributed by atoms with van der Waals surface area (Å²) in [7, 11) is 0. The van der Waals surface area contributed by atoms with Gasteiger partial charge in [0, 0.05) is 11.1 Å². The number of rotatable bonds is 6. The van der Waals surface area contributed by atoms with Gasteiger partial charge in [-0.2, -0.15) is 0 Å². The fourth-order valence-electron chi connectivity index (χ4n) is 1.71. The largest absolute Gasteiger partial charge is 0.272 e. The summed E-state index contributed by atoms with van der Waals surface area (Å²) in [5.41, 5.74) is 9.49. The van der Waals surface area contributed by atoms with Crippen LogP contribution in [0.2, 0.25) is 0 Å². The fraction of sp³-hybridized carbons (Fsp3) is 0.375. The lowest BCUT2D eigenvalue weighted by Gasteiger charge is -2.12. The molecule has 1 aromatic rings. The summed E-state index contributed by atoms with van der Waals surface area (Å²) in [4.78, 5) is 46.6. The van der Waals surface area contributed by atoms with E-state index < -0.39 is 21.5 Å². The number of benzene rings is 1. The Labute approximate surface area is 168 Å². The maximum absolute atomic E-state index is 12.1. The van der Waals surface area contributed by atoms with Crippen molar-refractivity contribution >= 4 is 55.5 Å². The molecule has 1 aromatic carbocycles. The van der Waals surface area contributed by atoms with Gasteiger partial charge in [0.05, 0.1) is 9.65 Å². The second kappa shape index (κ2) is 10.9. The average Bonchev–Trinajstić information content (AvgIpc) is 2.68. The van der Waals surface area contributed by atoms with Gasteiger partial charge in [0.25, 0.3) is 23.6 Å². The lowest BCUT2D eigenvalue weighted by molar-refractivity contribution is -0.122. The number of hydrogen-bond donors (Lipinski definition) is 4. The van der Waals surface area contributed by atoms with Gasteiger partial charge in [-0.3, -0.25) is 40.9 Å². The van der Waals surface area contributed by atoms with Crippen molar-refractivity contribution in [1.82, 2.24) is 21.7 Å². The van der Waals surface area contributed by atoms with Crippen LogP contribution in [0.5, 0.6) is 0 Å². The quantitative estimate of drug-likeness (QED) is 0.357. The van der Waals surface area contributed by atoms with E-state index in [0.717, 1.165) is 0 Å². The lowest BCUT2D eigenvalue weighted by Crippen LogP contribution is -2.45. The van der Waals surface area contributed by atoms with Gasteiger partial charge in [-0.15, -0.1) is 0 Å². The summed E-state index contributed by atoms with van der Waals surface area (Å²) < 4.78 is 0. The standard InChI is InChI=1S/C16H20Br2N4O4/c1-3-11(17)15(25)21-19-13(23)9-6-5-7-10(8-9)14(24)20-22-16(26)12(18)4-2/h5-8,11-12H,3-4H2,1-2H3,(H,19,23)(H,20,24)(H,21,25)(H,22,26). The van der Waals surface area contributed by atoms with Crippen LogP contribution in [0.25, 0.3) is 0 Å². The molecule has 26 heavy (non-hydrogen) atoms. The summed E-state index contributed by atoms with van der Waals surface area (Å²) >= 11 is 6.34. The second-order valence-electron chi connectivity index (χ2n) is 5.22. The molecule has 0 aliphatic heterocycles. The van der Waals surface area contributed by atoms with Crippen LogP contribution >= 0.6 is 31.9 Å². The third kappa shape index (κ3) is 6.75. The van der Waals surface area contributed by atoms with Crippen LogP contribution in [0.4, 0.5) is 0 Å². The Morgan fingerprint density at radius 3 is 1.54 bits per heavy atom. The average molecular weight is 492 g/mol.